The normalized spacial score (nSPS) is 10.1. The van der Waals surface area contributed by atoms with E-state index < -0.39 is 11.8 Å². The second-order valence-electron chi connectivity index (χ2n) is 3.48. The highest BCUT2D eigenvalue weighted by Crippen LogP contribution is 2.18. The fourth-order valence-corrected chi connectivity index (χ4v) is 1.35. The number of nitrogens with two attached hydrogens (primary N) is 1. The molecule has 92 valence electrons. The third-order valence-electron chi connectivity index (χ3n) is 2.14. The van der Waals surface area contributed by atoms with Crippen LogP contribution in [0.3, 0.4) is 0 Å². The first-order valence-corrected chi connectivity index (χ1v) is 4.92. The van der Waals surface area contributed by atoms with Crippen molar-refractivity contribution >= 4 is 23.2 Å². The maximum absolute atomic E-state index is 12.9. The highest BCUT2D eigenvalue weighted by atomic mass is 19.1. The van der Waals surface area contributed by atoms with Gasteiger partial charge < -0.3 is 16.2 Å². The van der Waals surface area contributed by atoms with Gasteiger partial charge in [-0.05, 0) is 6.07 Å². The Bertz CT molecular complexity index is 603. The molecule has 0 saturated heterocycles. The van der Waals surface area contributed by atoms with Gasteiger partial charge in [-0.15, -0.1) is 0 Å². The predicted octanol–water partition coefficient (Wildman–Crippen LogP) is 1.64. The molecule has 2 aromatic heterocycles. The maximum atomic E-state index is 12.9. The van der Waals surface area contributed by atoms with E-state index >= 15 is 0 Å². The summed E-state index contributed by atoms with van der Waals surface area (Å²) in [5.41, 5.74) is 5.82. The molecule has 0 bridgehead atoms. The minimum atomic E-state index is -1.16. The minimum Gasteiger partial charge on any atom is -0.478 e. The number of nitrogens with one attached hydrogen (secondary N) is 1. The molecule has 18 heavy (non-hydrogen) atoms. The van der Waals surface area contributed by atoms with Crippen molar-refractivity contribution in [1.82, 2.24) is 9.97 Å². The average Bonchev–Trinajstić information content (AvgIpc) is 2.31. The van der Waals surface area contributed by atoms with Gasteiger partial charge in [0.15, 0.2) is 0 Å². The summed E-state index contributed by atoms with van der Waals surface area (Å²) < 4.78 is 12.9. The summed E-state index contributed by atoms with van der Waals surface area (Å²) >= 11 is 0. The van der Waals surface area contributed by atoms with Crippen molar-refractivity contribution in [3.05, 3.63) is 42.1 Å². The molecule has 0 aliphatic rings. The largest absolute Gasteiger partial charge is 0.478 e. The highest BCUT2D eigenvalue weighted by molar-refractivity contribution is 5.94. The molecule has 0 spiro atoms. The van der Waals surface area contributed by atoms with E-state index in [1.807, 2.05) is 0 Å². The van der Waals surface area contributed by atoms with Crippen LogP contribution in [0.4, 0.5) is 21.6 Å². The smallest absolute Gasteiger partial charge is 0.337 e. The number of aromatic carboxylic acids is 1. The topological polar surface area (TPSA) is 101 Å². The quantitative estimate of drug-likeness (QED) is 0.763. The van der Waals surface area contributed by atoms with E-state index in [9.17, 15) is 9.18 Å². The summed E-state index contributed by atoms with van der Waals surface area (Å²) in [6, 6.07) is 2.48. The van der Waals surface area contributed by atoms with Crippen LogP contribution in [-0.2, 0) is 0 Å². The number of carboxylic acids is 1. The SMILES string of the molecule is Nc1cnc(Nc2cncc(F)c2)cc1C(=O)O. The van der Waals surface area contributed by atoms with Gasteiger partial charge in [-0.2, -0.15) is 0 Å². The molecule has 0 atom stereocenters. The molecular weight excluding hydrogens is 239 g/mol. The van der Waals surface area contributed by atoms with Crippen LogP contribution in [-0.4, -0.2) is 21.0 Å². The zero-order valence-corrected chi connectivity index (χ0v) is 9.09. The van der Waals surface area contributed by atoms with Gasteiger partial charge in [0.2, 0.25) is 0 Å². The molecule has 0 saturated carbocycles. The molecule has 6 nitrogen and oxygen atoms in total. The number of rotatable bonds is 3. The van der Waals surface area contributed by atoms with Gasteiger partial charge in [-0.1, -0.05) is 0 Å². The van der Waals surface area contributed by atoms with E-state index in [0.717, 1.165) is 6.20 Å². The molecule has 2 aromatic rings. The molecule has 0 fully saturated rings. The Hall–Kier alpha value is -2.70. The van der Waals surface area contributed by atoms with Gasteiger partial charge in [-0.3, -0.25) is 4.98 Å². The van der Waals surface area contributed by atoms with Crippen LogP contribution < -0.4 is 11.1 Å². The van der Waals surface area contributed by atoms with Crippen LogP contribution in [0, 0.1) is 5.82 Å². The van der Waals surface area contributed by atoms with Gasteiger partial charge in [0, 0.05) is 6.07 Å². The third-order valence-corrected chi connectivity index (χ3v) is 2.14. The van der Waals surface area contributed by atoms with Gasteiger partial charge in [-0.25, -0.2) is 14.2 Å². The second kappa shape index (κ2) is 4.66. The lowest BCUT2D eigenvalue weighted by atomic mass is 10.2. The molecule has 0 amide bonds. The van der Waals surface area contributed by atoms with Crippen molar-refractivity contribution in [2.24, 2.45) is 0 Å². The number of aromatic nitrogens is 2. The number of nitrogens with zero attached hydrogens (tertiary/aromatic N) is 2. The zero-order valence-electron chi connectivity index (χ0n) is 9.09. The Morgan fingerprint density at radius 3 is 2.78 bits per heavy atom. The van der Waals surface area contributed by atoms with E-state index in [-0.39, 0.29) is 17.1 Å². The van der Waals surface area contributed by atoms with Crippen LogP contribution in [0.25, 0.3) is 0 Å². The predicted molar refractivity (Wildman–Crippen MR) is 63.1 cm³/mol. The van der Waals surface area contributed by atoms with Crippen molar-refractivity contribution in [2.45, 2.75) is 0 Å². The van der Waals surface area contributed by atoms with Crippen molar-refractivity contribution in [3.63, 3.8) is 0 Å². The molecule has 0 radical (unpaired) electrons. The van der Waals surface area contributed by atoms with Gasteiger partial charge >= 0.3 is 5.97 Å². The van der Waals surface area contributed by atoms with E-state index in [1.54, 1.807) is 0 Å². The molecule has 0 aliphatic heterocycles. The minimum absolute atomic E-state index is 0.0606. The monoisotopic (exact) mass is 248 g/mol. The molecule has 4 N–H and O–H groups in total. The van der Waals surface area contributed by atoms with Crippen LogP contribution in [0.5, 0.6) is 0 Å². The number of hydrogen-bond acceptors (Lipinski definition) is 5. The van der Waals surface area contributed by atoms with Crippen molar-refractivity contribution in [1.29, 1.82) is 0 Å². The van der Waals surface area contributed by atoms with Crippen molar-refractivity contribution < 1.29 is 14.3 Å². The number of halogens is 1. The Labute approximate surface area is 101 Å². The molecule has 0 aromatic carbocycles. The molecule has 0 aliphatic carbocycles. The molecule has 2 heterocycles. The van der Waals surface area contributed by atoms with Crippen molar-refractivity contribution in [3.8, 4) is 0 Å². The fourth-order valence-electron chi connectivity index (χ4n) is 1.35. The van der Waals surface area contributed by atoms with E-state index in [0.29, 0.717) is 5.69 Å². The lowest BCUT2D eigenvalue weighted by molar-refractivity contribution is 0.0698. The van der Waals surface area contributed by atoms with Gasteiger partial charge in [0.25, 0.3) is 0 Å². The Kier molecular flexibility index (Phi) is 3.05. The van der Waals surface area contributed by atoms with Crippen LogP contribution in [0.1, 0.15) is 10.4 Å². The summed E-state index contributed by atoms with van der Waals surface area (Å²) in [4.78, 5) is 18.4. The highest BCUT2D eigenvalue weighted by Gasteiger charge is 2.09. The summed E-state index contributed by atoms with van der Waals surface area (Å²) in [5.74, 6) is -1.42. The first kappa shape index (κ1) is 11.8. The van der Waals surface area contributed by atoms with Gasteiger partial charge in [0.1, 0.15) is 11.6 Å². The molecule has 7 heteroatoms. The van der Waals surface area contributed by atoms with Crippen LogP contribution in [0.15, 0.2) is 30.7 Å². The lowest BCUT2D eigenvalue weighted by Gasteiger charge is -2.07. The summed E-state index contributed by atoms with van der Waals surface area (Å²) in [6.45, 7) is 0. The average molecular weight is 248 g/mol. The fraction of sp³-hybridized carbons (Fsp3) is 0. The second-order valence-corrected chi connectivity index (χ2v) is 3.48. The van der Waals surface area contributed by atoms with Crippen LogP contribution in [0.2, 0.25) is 0 Å². The number of hydrogen-bond donors (Lipinski definition) is 3. The zero-order chi connectivity index (χ0) is 13.1. The molecular formula is C11H9FN4O2. The Morgan fingerprint density at radius 1 is 1.33 bits per heavy atom. The number of pyridine rings is 2. The third kappa shape index (κ3) is 2.51. The lowest BCUT2D eigenvalue weighted by Crippen LogP contribution is -2.05. The first-order valence-electron chi connectivity index (χ1n) is 4.92. The van der Waals surface area contributed by atoms with E-state index in [2.05, 4.69) is 15.3 Å². The molecule has 2 rings (SSSR count). The summed E-state index contributed by atoms with van der Waals surface area (Å²) in [7, 11) is 0. The Balaban J connectivity index is 2.30. The standard InChI is InChI=1S/C11H9FN4O2/c12-6-1-7(4-14-3-6)16-10-2-8(11(17)18)9(13)5-15-10/h1-5H,13H2,(H,15,16)(H,17,18). The first-order chi connectivity index (χ1) is 8.56. The Morgan fingerprint density at radius 2 is 2.11 bits per heavy atom. The number of anilines is 3. The summed E-state index contributed by atoms with van der Waals surface area (Å²) in [5, 5.41) is 11.6. The van der Waals surface area contributed by atoms with E-state index in [1.165, 1.54) is 24.5 Å². The van der Waals surface area contributed by atoms with Crippen LogP contribution >= 0.6 is 0 Å². The van der Waals surface area contributed by atoms with Crippen molar-refractivity contribution in [2.75, 3.05) is 11.1 Å². The molecule has 0 unspecified atom stereocenters. The number of nitrogen functional groups attached to an aromatic ring is 1. The summed E-state index contributed by atoms with van der Waals surface area (Å²) in [6.07, 6.45) is 3.67. The van der Waals surface area contributed by atoms with Gasteiger partial charge in [0.05, 0.1) is 35.5 Å². The maximum Gasteiger partial charge on any atom is 0.337 e. The number of carboxylic acid groups (broad SMARTS) is 1. The number of carbonyl (C=O) groups is 1. The van der Waals surface area contributed by atoms with E-state index in [4.69, 9.17) is 10.8 Å².